The van der Waals surface area contributed by atoms with Gasteiger partial charge in [0.1, 0.15) is 11.6 Å². The molecule has 4 heterocycles. The number of nitrogens with one attached hydrogen (secondary N) is 1. The van der Waals surface area contributed by atoms with Crippen molar-refractivity contribution in [1.29, 1.82) is 5.26 Å². The topological polar surface area (TPSA) is 90.1 Å². The normalized spacial score (nSPS) is 20.2. The second kappa shape index (κ2) is 8.01. The molecule has 1 amide bonds. The molecule has 172 valence electrons. The van der Waals surface area contributed by atoms with Gasteiger partial charge in [-0.25, -0.2) is 4.98 Å². The van der Waals surface area contributed by atoms with Gasteiger partial charge in [-0.05, 0) is 81.7 Å². The van der Waals surface area contributed by atoms with Gasteiger partial charge in [-0.3, -0.25) is 14.4 Å². The average Bonchev–Trinajstić information content (AvgIpc) is 3.35. The Labute approximate surface area is 207 Å². The number of nitrogens with zero attached hydrogens (tertiary/aromatic N) is 6. The predicted molar refractivity (Wildman–Crippen MR) is 134 cm³/mol. The van der Waals surface area contributed by atoms with E-state index in [4.69, 9.17) is 34.2 Å². The van der Waals surface area contributed by atoms with Gasteiger partial charge in [0.25, 0.3) is 5.91 Å². The molecule has 10 heteroatoms. The van der Waals surface area contributed by atoms with Gasteiger partial charge < -0.3 is 10.2 Å². The van der Waals surface area contributed by atoms with Crippen LogP contribution in [0.1, 0.15) is 43.8 Å². The third-order valence-corrected chi connectivity index (χ3v) is 7.88. The summed E-state index contributed by atoms with van der Waals surface area (Å²) in [6, 6.07) is 10.0. The highest BCUT2D eigenvalue weighted by atomic mass is 35.5. The monoisotopic (exact) mass is 491 g/mol. The lowest BCUT2D eigenvalue weighted by atomic mass is 9.75. The lowest BCUT2D eigenvalue weighted by Gasteiger charge is -2.43. The maximum absolute atomic E-state index is 13.7. The first-order valence-corrected chi connectivity index (χ1v) is 12.2. The van der Waals surface area contributed by atoms with Crippen LogP contribution in [-0.4, -0.2) is 44.4 Å². The molecular weight excluding hydrogens is 470 g/mol. The number of fused-ring (bicyclic) bond motifs is 1. The van der Waals surface area contributed by atoms with Gasteiger partial charge in [-0.15, -0.1) is 0 Å². The third kappa shape index (κ3) is 3.13. The number of benzene rings is 1. The van der Waals surface area contributed by atoms with E-state index in [1.807, 2.05) is 23.1 Å². The Morgan fingerprint density at radius 1 is 1.21 bits per heavy atom. The van der Waals surface area contributed by atoms with Crippen LogP contribution >= 0.6 is 23.8 Å². The number of halogens is 1. The van der Waals surface area contributed by atoms with Crippen molar-refractivity contribution in [2.24, 2.45) is 0 Å². The minimum atomic E-state index is -0.698. The van der Waals surface area contributed by atoms with Crippen molar-refractivity contribution in [3.63, 3.8) is 0 Å². The number of amides is 1. The fraction of sp³-hybridized carbons (Fsp3) is 0.375. The Morgan fingerprint density at radius 3 is 2.68 bits per heavy atom. The summed E-state index contributed by atoms with van der Waals surface area (Å²) in [5.74, 6) is -0.0724. The molecule has 0 unspecified atom stereocenters. The number of piperidine rings is 1. The minimum absolute atomic E-state index is 0.0724. The van der Waals surface area contributed by atoms with E-state index in [1.165, 1.54) is 11.1 Å². The molecule has 0 bridgehead atoms. The number of anilines is 2. The van der Waals surface area contributed by atoms with E-state index in [0.717, 1.165) is 61.8 Å². The molecule has 3 fully saturated rings. The zero-order valence-corrected chi connectivity index (χ0v) is 19.9. The van der Waals surface area contributed by atoms with Crippen molar-refractivity contribution < 1.29 is 4.79 Å². The highest BCUT2D eigenvalue weighted by Crippen LogP contribution is 2.48. The quantitative estimate of drug-likeness (QED) is 0.555. The molecule has 1 N–H and O–H groups in total. The van der Waals surface area contributed by atoms with Gasteiger partial charge in [0, 0.05) is 17.3 Å². The number of hydrogen-bond acceptors (Lipinski definition) is 6. The second-order valence-corrected chi connectivity index (χ2v) is 9.89. The summed E-state index contributed by atoms with van der Waals surface area (Å²) in [5, 5.41) is 19.0. The van der Waals surface area contributed by atoms with Crippen LogP contribution in [0, 0.1) is 11.3 Å². The van der Waals surface area contributed by atoms with Gasteiger partial charge in [-0.2, -0.15) is 10.4 Å². The van der Waals surface area contributed by atoms with E-state index in [0.29, 0.717) is 16.8 Å². The Bertz CT molecular complexity index is 1370. The van der Waals surface area contributed by atoms with Gasteiger partial charge in [0.05, 0.1) is 28.5 Å². The summed E-state index contributed by atoms with van der Waals surface area (Å²) < 4.78 is 2.08. The first kappa shape index (κ1) is 21.5. The summed E-state index contributed by atoms with van der Waals surface area (Å²) in [6.07, 6.45) is 8.12. The summed E-state index contributed by atoms with van der Waals surface area (Å²) in [6.45, 7) is 2.01. The maximum Gasteiger partial charge on any atom is 0.259 e. The minimum Gasteiger partial charge on any atom is -0.317 e. The van der Waals surface area contributed by atoms with Gasteiger partial charge >= 0.3 is 0 Å². The fourth-order valence-electron chi connectivity index (χ4n) is 5.27. The number of carbonyl (C=O) groups excluding carboxylic acids is 1. The smallest absolute Gasteiger partial charge is 0.259 e. The highest BCUT2D eigenvalue weighted by Gasteiger charge is 2.59. The Kier molecular flexibility index (Phi) is 5.06. The number of nitriles is 1. The molecule has 34 heavy (non-hydrogen) atoms. The van der Waals surface area contributed by atoms with Crippen molar-refractivity contribution in [3.05, 3.63) is 47.4 Å². The van der Waals surface area contributed by atoms with E-state index in [2.05, 4.69) is 27.2 Å². The van der Waals surface area contributed by atoms with Crippen LogP contribution in [-0.2, 0) is 4.79 Å². The molecule has 1 aliphatic carbocycles. The van der Waals surface area contributed by atoms with E-state index in [1.54, 1.807) is 6.07 Å². The highest BCUT2D eigenvalue weighted by molar-refractivity contribution is 7.81. The molecule has 2 aromatic heterocycles. The van der Waals surface area contributed by atoms with Crippen LogP contribution in [0.15, 0.2) is 36.7 Å². The number of rotatable bonds is 3. The summed E-state index contributed by atoms with van der Waals surface area (Å²) in [7, 11) is 0. The number of aromatic nitrogens is 3. The molecule has 0 atom stereocenters. The first-order chi connectivity index (χ1) is 16.5. The van der Waals surface area contributed by atoms with Crippen LogP contribution in [0.25, 0.3) is 10.9 Å². The first-order valence-electron chi connectivity index (χ1n) is 11.5. The molecule has 8 nitrogen and oxygen atoms in total. The Balaban J connectivity index is 1.38. The zero-order chi connectivity index (χ0) is 23.4. The SMILES string of the molecule is N#Cc1ncc(N2C(=O)C3(CCC3)N(c3ccc4nn(C5CCNCC5)cc4c3)C2=S)cc1Cl. The molecule has 2 aliphatic heterocycles. The van der Waals surface area contributed by atoms with Crippen molar-refractivity contribution >= 4 is 57.1 Å². The number of pyridine rings is 1. The van der Waals surface area contributed by atoms with Crippen LogP contribution < -0.4 is 15.1 Å². The van der Waals surface area contributed by atoms with Crippen LogP contribution in [0.3, 0.4) is 0 Å². The van der Waals surface area contributed by atoms with Gasteiger partial charge in [-0.1, -0.05) is 11.6 Å². The molecule has 3 aromatic rings. The molecule has 6 rings (SSSR count). The molecule has 1 aromatic carbocycles. The molecule has 0 radical (unpaired) electrons. The van der Waals surface area contributed by atoms with Crippen molar-refractivity contribution in [3.8, 4) is 6.07 Å². The number of thiocarbonyl (C=S) groups is 1. The Morgan fingerprint density at radius 2 is 2.00 bits per heavy atom. The maximum atomic E-state index is 13.7. The second-order valence-electron chi connectivity index (χ2n) is 9.11. The van der Waals surface area contributed by atoms with Crippen LogP contribution in [0.2, 0.25) is 5.02 Å². The molecular formula is C24H22ClN7OS. The molecule has 3 aliphatic rings. The largest absolute Gasteiger partial charge is 0.317 e. The van der Waals surface area contributed by atoms with Gasteiger partial charge in [0.2, 0.25) is 0 Å². The lowest BCUT2D eigenvalue weighted by molar-refractivity contribution is -0.123. The third-order valence-electron chi connectivity index (χ3n) is 7.23. The van der Waals surface area contributed by atoms with Crippen LogP contribution in [0.4, 0.5) is 11.4 Å². The van der Waals surface area contributed by atoms with E-state index < -0.39 is 5.54 Å². The van der Waals surface area contributed by atoms with Crippen molar-refractivity contribution in [2.75, 3.05) is 22.9 Å². The summed E-state index contributed by atoms with van der Waals surface area (Å²) in [4.78, 5) is 21.3. The Hall–Kier alpha value is -3.06. The lowest BCUT2D eigenvalue weighted by Crippen LogP contribution is -2.55. The summed E-state index contributed by atoms with van der Waals surface area (Å²) in [5.41, 5.74) is 1.71. The zero-order valence-electron chi connectivity index (χ0n) is 18.4. The molecule has 1 spiro atoms. The van der Waals surface area contributed by atoms with E-state index in [-0.39, 0.29) is 16.6 Å². The standard InChI is InChI=1S/C24H22ClN7OS/c25-19-11-18(13-28-21(19)12-26)31-22(33)24(6-1-7-24)32(23(31)34)17-2-3-20-15(10-17)14-30(29-20)16-4-8-27-9-5-16/h2-3,10-11,13-14,16,27H,1,4-9H2. The van der Waals surface area contributed by atoms with Crippen molar-refractivity contribution in [1.82, 2.24) is 20.1 Å². The average molecular weight is 492 g/mol. The number of carbonyl (C=O) groups is 1. The van der Waals surface area contributed by atoms with E-state index in [9.17, 15) is 4.79 Å². The van der Waals surface area contributed by atoms with E-state index >= 15 is 0 Å². The van der Waals surface area contributed by atoms with Crippen molar-refractivity contribution in [2.45, 2.75) is 43.7 Å². The van der Waals surface area contributed by atoms with Crippen LogP contribution in [0.5, 0.6) is 0 Å². The molecule has 1 saturated carbocycles. The van der Waals surface area contributed by atoms with Gasteiger partial charge in [0.15, 0.2) is 10.8 Å². The number of hydrogen-bond donors (Lipinski definition) is 1. The molecule has 2 saturated heterocycles. The predicted octanol–water partition coefficient (Wildman–Crippen LogP) is 3.94. The fourth-order valence-corrected chi connectivity index (χ4v) is 5.94. The summed E-state index contributed by atoms with van der Waals surface area (Å²) >= 11 is 12.1.